The van der Waals surface area contributed by atoms with Crippen molar-refractivity contribution in [2.45, 2.75) is 25.2 Å². The second-order valence-corrected chi connectivity index (χ2v) is 9.24. The molecule has 0 saturated carbocycles. The average molecular weight is 509 g/mol. The molecule has 2 aromatic heterocycles. The van der Waals surface area contributed by atoms with Crippen molar-refractivity contribution in [3.05, 3.63) is 76.2 Å². The molecule has 0 unspecified atom stereocenters. The summed E-state index contributed by atoms with van der Waals surface area (Å²) in [7, 11) is 1.49. The molecule has 3 aromatic rings. The molecule has 0 aliphatic carbocycles. The Bertz CT molecular complexity index is 1320. The Balaban J connectivity index is 1.71. The molecule has 0 radical (unpaired) electrons. The van der Waals surface area contributed by atoms with Gasteiger partial charge in [0.05, 0.1) is 17.4 Å². The van der Waals surface area contributed by atoms with Gasteiger partial charge < -0.3 is 20.6 Å². The lowest BCUT2D eigenvalue weighted by Gasteiger charge is -2.50. The molecule has 11 heteroatoms. The maximum absolute atomic E-state index is 13.9. The maximum atomic E-state index is 13.9. The van der Waals surface area contributed by atoms with Gasteiger partial charge in [-0.15, -0.1) is 10.2 Å². The highest BCUT2D eigenvalue weighted by Crippen LogP contribution is 2.41. The highest BCUT2D eigenvalue weighted by molar-refractivity contribution is 6.30. The smallest absolute Gasteiger partial charge is 0.356 e. The molecule has 0 atom stereocenters. The molecule has 1 aliphatic rings. The molecule has 1 fully saturated rings. The van der Waals surface area contributed by atoms with E-state index in [4.69, 9.17) is 16.7 Å². The number of aromatic nitrogens is 3. The molecule has 3 N–H and O–H groups in total. The van der Waals surface area contributed by atoms with Crippen molar-refractivity contribution in [1.29, 1.82) is 0 Å². The van der Waals surface area contributed by atoms with Gasteiger partial charge in [0.25, 0.3) is 5.91 Å². The number of nitrogens with one attached hydrogen (secondary N) is 2. The van der Waals surface area contributed by atoms with Crippen LogP contribution in [-0.2, 0) is 10.2 Å². The highest BCUT2D eigenvalue weighted by atomic mass is 35.5. The Morgan fingerprint density at radius 3 is 2.44 bits per heavy atom. The fourth-order valence-corrected chi connectivity index (χ4v) is 4.50. The maximum Gasteiger partial charge on any atom is 0.356 e. The summed E-state index contributed by atoms with van der Waals surface area (Å²) in [6.07, 6.45) is 1.36. The molecule has 36 heavy (non-hydrogen) atoms. The number of nitrogens with zero attached hydrogens (tertiary/aromatic N) is 4. The number of carboxylic acid groups (broad SMARTS) is 1. The van der Waals surface area contributed by atoms with E-state index in [2.05, 4.69) is 39.7 Å². The van der Waals surface area contributed by atoms with E-state index in [1.807, 2.05) is 29.2 Å². The predicted molar refractivity (Wildman–Crippen MR) is 135 cm³/mol. The lowest BCUT2D eigenvalue weighted by molar-refractivity contribution is -0.122. The topological polar surface area (TPSA) is 137 Å². The highest BCUT2D eigenvalue weighted by Gasteiger charge is 2.52. The molecule has 2 amide bonds. The molecule has 0 spiro atoms. The molecule has 4 rings (SSSR count). The van der Waals surface area contributed by atoms with Crippen LogP contribution in [0.2, 0.25) is 5.15 Å². The standard InChI is InChI=1S/C25H25ClN6O4/c1-14(2)15-6-4-5-7-17(15)25(12-32(13-25)21-9-8-18(23(34)35)30-31-21)24(36)29-19-11-28-20(26)10-16(19)22(33)27-3/h4-11,14H,12-13H2,1-3H3,(H,27,33)(H,29,36)(H,34,35). The molecular formula is C25H25ClN6O4. The summed E-state index contributed by atoms with van der Waals surface area (Å²) in [6.45, 7) is 4.67. The summed E-state index contributed by atoms with van der Waals surface area (Å²) in [5.74, 6) is -1.26. The summed E-state index contributed by atoms with van der Waals surface area (Å²) in [6, 6.07) is 12.1. The zero-order chi connectivity index (χ0) is 26.0. The Hall–Kier alpha value is -4.05. The van der Waals surface area contributed by atoms with Crippen LogP contribution in [0.5, 0.6) is 0 Å². The first-order chi connectivity index (χ1) is 17.2. The summed E-state index contributed by atoms with van der Waals surface area (Å²) in [5.41, 5.74) is 1.21. The predicted octanol–water partition coefficient (Wildman–Crippen LogP) is 3.10. The minimum Gasteiger partial charge on any atom is -0.476 e. The zero-order valence-corrected chi connectivity index (χ0v) is 20.7. The van der Waals surface area contributed by atoms with E-state index in [0.717, 1.165) is 11.1 Å². The minimum absolute atomic E-state index is 0.129. The zero-order valence-electron chi connectivity index (χ0n) is 19.9. The molecule has 186 valence electrons. The molecule has 3 heterocycles. The van der Waals surface area contributed by atoms with Gasteiger partial charge in [0.2, 0.25) is 5.91 Å². The molecule has 1 aliphatic heterocycles. The molecule has 1 saturated heterocycles. The van der Waals surface area contributed by atoms with Crippen LogP contribution in [0.15, 0.2) is 48.7 Å². The normalized spacial score (nSPS) is 14.2. The number of benzene rings is 1. The van der Waals surface area contributed by atoms with Crippen LogP contribution in [0.25, 0.3) is 0 Å². The van der Waals surface area contributed by atoms with Crippen molar-refractivity contribution < 1.29 is 19.5 Å². The number of carboxylic acids is 1. The number of amides is 2. The number of halogens is 1. The molecule has 10 nitrogen and oxygen atoms in total. The molecule has 1 aromatic carbocycles. The van der Waals surface area contributed by atoms with Crippen LogP contribution in [-0.4, -0.2) is 58.2 Å². The van der Waals surface area contributed by atoms with Gasteiger partial charge in [-0.3, -0.25) is 9.59 Å². The first-order valence-electron chi connectivity index (χ1n) is 11.3. The summed E-state index contributed by atoms with van der Waals surface area (Å²) >= 11 is 5.99. The lowest BCUT2D eigenvalue weighted by atomic mass is 9.69. The van der Waals surface area contributed by atoms with Gasteiger partial charge in [-0.25, -0.2) is 9.78 Å². The number of aromatic carboxylic acids is 1. The fraction of sp³-hybridized carbons (Fsp3) is 0.280. The van der Waals surface area contributed by atoms with E-state index >= 15 is 0 Å². The first-order valence-corrected chi connectivity index (χ1v) is 11.6. The van der Waals surface area contributed by atoms with Gasteiger partial charge in [-0.1, -0.05) is 49.7 Å². The third kappa shape index (κ3) is 4.59. The van der Waals surface area contributed by atoms with Gasteiger partial charge in [0.15, 0.2) is 11.5 Å². The fourth-order valence-electron chi connectivity index (χ4n) is 4.34. The van der Waals surface area contributed by atoms with Gasteiger partial charge in [-0.2, -0.15) is 0 Å². The van der Waals surface area contributed by atoms with Crippen molar-refractivity contribution >= 4 is 40.9 Å². The van der Waals surface area contributed by atoms with E-state index in [-0.39, 0.29) is 47.0 Å². The number of hydrogen-bond acceptors (Lipinski definition) is 7. The van der Waals surface area contributed by atoms with Crippen LogP contribution in [0.3, 0.4) is 0 Å². The number of pyridine rings is 1. The van der Waals surface area contributed by atoms with E-state index in [9.17, 15) is 14.4 Å². The van der Waals surface area contributed by atoms with E-state index in [1.165, 1.54) is 25.4 Å². The molecular weight excluding hydrogens is 484 g/mol. The minimum atomic E-state index is -1.17. The first kappa shape index (κ1) is 25.1. The Kier molecular flexibility index (Phi) is 6.89. The van der Waals surface area contributed by atoms with E-state index in [0.29, 0.717) is 5.82 Å². The summed E-state index contributed by atoms with van der Waals surface area (Å²) in [5, 5.41) is 22.4. The van der Waals surface area contributed by atoms with Crippen LogP contribution >= 0.6 is 11.6 Å². The summed E-state index contributed by atoms with van der Waals surface area (Å²) < 4.78 is 0. The van der Waals surface area contributed by atoms with Crippen molar-refractivity contribution in [1.82, 2.24) is 20.5 Å². The largest absolute Gasteiger partial charge is 0.476 e. The van der Waals surface area contributed by atoms with Crippen LogP contribution in [0.1, 0.15) is 51.7 Å². The van der Waals surface area contributed by atoms with Crippen molar-refractivity contribution in [3.63, 3.8) is 0 Å². The quantitative estimate of drug-likeness (QED) is 0.414. The lowest BCUT2D eigenvalue weighted by Crippen LogP contribution is -2.66. The Morgan fingerprint density at radius 1 is 1.11 bits per heavy atom. The van der Waals surface area contributed by atoms with Crippen LogP contribution < -0.4 is 15.5 Å². The summed E-state index contributed by atoms with van der Waals surface area (Å²) in [4.78, 5) is 43.3. The Morgan fingerprint density at radius 2 is 1.83 bits per heavy atom. The van der Waals surface area contributed by atoms with Crippen molar-refractivity contribution in [2.24, 2.45) is 0 Å². The van der Waals surface area contributed by atoms with Gasteiger partial charge in [0.1, 0.15) is 10.6 Å². The Labute approximate surface area is 212 Å². The van der Waals surface area contributed by atoms with E-state index < -0.39 is 17.3 Å². The van der Waals surface area contributed by atoms with Gasteiger partial charge in [-0.05, 0) is 35.2 Å². The second-order valence-electron chi connectivity index (χ2n) is 8.85. The van der Waals surface area contributed by atoms with Gasteiger partial charge in [0, 0.05) is 20.1 Å². The van der Waals surface area contributed by atoms with Crippen LogP contribution in [0, 0.1) is 0 Å². The van der Waals surface area contributed by atoms with Crippen molar-refractivity contribution in [3.8, 4) is 0 Å². The number of carbonyl (C=O) groups is 3. The van der Waals surface area contributed by atoms with Crippen molar-refractivity contribution in [2.75, 3.05) is 30.4 Å². The third-order valence-electron chi connectivity index (χ3n) is 6.24. The number of rotatable bonds is 7. The number of hydrogen-bond donors (Lipinski definition) is 3. The number of anilines is 2. The SMILES string of the molecule is CNC(=O)c1cc(Cl)ncc1NC(=O)C1(c2ccccc2C(C)C)CN(c2ccc(C(=O)O)nn2)C1. The monoisotopic (exact) mass is 508 g/mol. The van der Waals surface area contributed by atoms with Gasteiger partial charge >= 0.3 is 5.97 Å². The third-order valence-corrected chi connectivity index (χ3v) is 6.45. The molecule has 0 bridgehead atoms. The number of carbonyl (C=O) groups excluding carboxylic acids is 2. The average Bonchev–Trinajstić information content (AvgIpc) is 2.84. The van der Waals surface area contributed by atoms with E-state index in [1.54, 1.807) is 6.07 Å². The van der Waals surface area contributed by atoms with Crippen LogP contribution in [0.4, 0.5) is 11.5 Å². The second kappa shape index (κ2) is 9.90.